The van der Waals surface area contributed by atoms with E-state index in [1.807, 2.05) is 13.8 Å². The molecule has 0 aliphatic carbocycles. The van der Waals surface area contributed by atoms with Crippen LogP contribution < -0.4 is 5.32 Å². The molecule has 7 heteroatoms. The van der Waals surface area contributed by atoms with E-state index in [4.69, 9.17) is 5.11 Å². The van der Waals surface area contributed by atoms with Crippen molar-refractivity contribution in [2.45, 2.75) is 58.7 Å². The summed E-state index contributed by atoms with van der Waals surface area (Å²) in [5.74, 6) is -1.49. The second-order valence-corrected chi connectivity index (χ2v) is 6.88. The van der Waals surface area contributed by atoms with Crippen molar-refractivity contribution in [3.63, 3.8) is 0 Å². The number of hydrogen-bond donors (Lipinski definition) is 2. The lowest BCUT2D eigenvalue weighted by molar-refractivity contribution is -0.150. The smallest absolute Gasteiger partial charge is 0.305 e. The Morgan fingerprint density at radius 2 is 1.57 bits per heavy atom. The molecule has 0 saturated heterocycles. The number of hydrogen-bond acceptors (Lipinski definition) is 4. The van der Waals surface area contributed by atoms with E-state index in [9.17, 15) is 14.4 Å². The Bertz CT molecular complexity index is 449. The summed E-state index contributed by atoms with van der Waals surface area (Å²) in [5, 5.41) is 11.8. The quantitative estimate of drug-likeness (QED) is 0.687. The van der Waals surface area contributed by atoms with Gasteiger partial charge in [0.1, 0.15) is 6.04 Å². The molecule has 0 radical (unpaired) electrons. The van der Waals surface area contributed by atoms with Crippen LogP contribution in [0.4, 0.5) is 0 Å². The van der Waals surface area contributed by atoms with Crippen molar-refractivity contribution in [2.24, 2.45) is 5.92 Å². The lowest BCUT2D eigenvalue weighted by Gasteiger charge is -2.38. The second-order valence-electron chi connectivity index (χ2n) is 6.88. The third kappa shape index (κ3) is 5.49. The van der Waals surface area contributed by atoms with Crippen molar-refractivity contribution in [3.8, 4) is 0 Å². The zero-order chi connectivity index (χ0) is 18.5. The summed E-state index contributed by atoms with van der Waals surface area (Å²) in [7, 11) is 4.88. The summed E-state index contributed by atoms with van der Waals surface area (Å²) in [6.45, 7) is 8.93. The average Bonchev–Trinajstić information content (AvgIpc) is 2.44. The number of rotatable bonds is 8. The largest absolute Gasteiger partial charge is 0.481 e. The zero-order valence-electron chi connectivity index (χ0n) is 15.5. The van der Waals surface area contributed by atoms with Crippen LogP contribution in [0.2, 0.25) is 0 Å². The molecule has 0 bridgehead atoms. The molecule has 2 atom stereocenters. The predicted octanol–water partition coefficient (Wildman–Crippen LogP) is 0.789. The molecule has 23 heavy (non-hydrogen) atoms. The Hall–Kier alpha value is -1.63. The van der Waals surface area contributed by atoms with E-state index >= 15 is 0 Å². The Morgan fingerprint density at radius 1 is 1.09 bits per heavy atom. The fourth-order valence-corrected chi connectivity index (χ4v) is 2.39. The summed E-state index contributed by atoms with van der Waals surface area (Å²) < 4.78 is 0. The van der Waals surface area contributed by atoms with Gasteiger partial charge in [0.2, 0.25) is 11.8 Å². The first-order chi connectivity index (χ1) is 10.4. The van der Waals surface area contributed by atoms with Gasteiger partial charge < -0.3 is 20.2 Å². The normalized spacial score (nSPS) is 14.3. The van der Waals surface area contributed by atoms with Crippen LogP contribution in [-0.4, -0.2) is 71.5 Å². The summed E-state index contributed by atoms with van der Waals surface area (Å²) >= 11 is 0. The van der Waals surface area contributed by atoms with Gasteiger partial charge in [0, 0.05) is 20.1 Å². The van der Waals surface area contributed by atoms with E-state index in [0.29, 0.717) is 0 Å². The molecule has 0 fully saturated rings. The molecular formula is C16H31N3O4. The van der Waals surface area contributed by atoms with E-state index in [1.54, 1.807) is 41.9 Å². The highest BCUT2D eigenvalue weighted by Crippen LogP contribution is 2.18. The molecule has 0 aromatic rings. The van der Waals surface area contributed by atoms with Gasteiger partial charge in [0.05, 0.1) is 12.0 Å². The molecule has 0 spiro atoms. The van der Waals surface area contributed by atoms with E-state index in [1.165, 1.54) is 9.80 Å². The molecule has 2 N–H and O–H groups in total. The zero-order valence-corrected chi connectivity index (χ0v) is 15.5. The first kappa shape index (κ1) is 21.4. The summed E-state index contributed by atoms with van der Waals surface area (Å²) in [6, 6.07) is -1.08. The summed E-state index contributed by atoms with van der Waals surface area (Å²) in [5.41, 5.74) is -0.784. The van der Waals surface area contributed by atoms with Gasteiger partial charge in [0.25, 0.3) is 0 Å². The van der Waals surface area contributed by atoms with Gasteiger partial charge in [-0.3, -0.25) is 14.4 Å². The standard InChI is InChI=1S/C16H31N3O4/c1-10(2)13(19(8)15(23)16(4,5)17-6)14(22)18(7)11(3)9-12(20)21/h10-11,13,17H,9H2,1-8H3,(H,20,21)/t11-,13?/m1/s1. The second kappa shape index (κ2) is 8.29. The van der Waals surface area contributed by atoms with Crippen LogP contribution in [0.5, 0.6) is 0 Å². The van der Waals surface area contributed by atoms with Gasteiger partial charge in [-0.2, -0.15) is 0 Å². The number of carboxylic acids is 1. The monoisotopic (exact) mass is 329 g/mol. The SMILES string of the molecule is CNC(C)(C)C(=O)N(C)C(C(=O)N(C)[C@H](C)CC(=O)O)C(C)C. The number of likely N-dealkylation sites (N-methyl/N-ethyl adjacent to an activating group) is 3. The Labute approximate surface area is 139 Å². The van der Waals surface area contributed by atoms with Crippen molar-refractivity contribution in [1.29, 1.82) is 0 Å². The number of carbonyl (C=O) groups excluding carboxylic acids is 2. The highest BCUT2D eigenvalue weighted by molar-refractivity contribution is 5.91. The van der Waals surface area contributed by atoms with Gasteiger partial charge in [-0.05, 0) is 33.7 Å². The maximum atomic E-state index is 12.8. The summed E-state index contributed by atoms with van der Waals surface area (Å²) in [4.78, 5) is 39.1. The van der Waals surface area contributed by atoms with Crippen molar-refractivity contribution in [1.82, 2.24) is 15.1 Å². The molecule has 0 saturated carbocycles. The first-order valence-electron chi connectivity index (χ1n) is 7.81. The van der Waals surface area contributed by atoms with E-state index in [-0.39, 0.29) is 24.2 Å². The number of aliphatic carboxylic acids is 1. The van der Waals surface area contributed by atoms with Crippen molar-refractivity contribution >= 4 is 17.8 Å². The molecule has 2 amide bonds. The van der Waals surface area contributed by atoms with Gasteiger partial charge in [-0.25, -0.2) is 0 Å². The van der Waals surface area contributed by atoms with E-state index in [0.717, 1.165) is 0 Å². The molecular weight excluding hydrogens is 298 g/mol. The third-order valence-corrected chi connectivity index (χ3v) is 4.26. The minimum absolute atomic E-state index is 0.0939. The summed E-state index contributed by atoms with van der Waals surface area (Å²) in [6.07, 6.45) is -0.132. The topological polar surface area (TPSA) is 90.0 Å². The van der Waals surface area contributed by atoms with Gasteiger partial charge >= 0.3 is 5.97 Å². The molecule has 0 heterocycles. The number of nitrogens with zero attached hydrogens (tertiary/aromatic N) is 2. The molecule has 1 unspecified atom stereocenters. The van der Waals surface area contributed by atoms with E-state index < -0.39 is 23.6 Å². The van der Waals surface area contributed by atoms with Crippen molar-refractivity contribution in [2.75, 3.05) is 21.1 Å². The number of amides is 2. The third-order valence-electron chi connectivity index (χ3n) is 4.26. The molecule has 0 aromatic heterocycles. The minimum Gasteiger partial charge on any atom is -0.481 e. The number of carboxylic acid groups (broad SMARTS) is 1. The van der Waals surface area contributed by atoms with Gasteiger partial charge in [0.15, 0.2) is 0 Å². The highest BCUT2D eigenvalue weighted by Gasteiger charge is 2.38. The molecule has 7 nitrogen and oxygen atoms in total. The molecule has 134 valence electrons. The fraction of sp³-hybridized carbons (Fsp3) is 0.812. The van der Waals surface area contributed by atoms with Crippen LogP contribution >= 0.6 is 0 Å². The van der Waals surface area contributed by atoms with Gasteiger partial charge in [-0.1, -0.05) is 13.8 Å². The van der Waals surface area contributed by atoms with E-state index in [2.05, 4.69) is 5.32 Å². The Morgan fingerprint density at radius 3 is 1.91 bits per heavy atom. The molecule has 0 aliphatic rings. The van der Waals surface area contributed by atoms with Crippen molar-refractivity contribution < 1.29 is 19.5 Å². The molecule has 0 rings (SSSR count). The maximum Gasteiger partial charge on any atom is 0.305 e. The van der Waals surface area contributed by atoms with Crippen molar-refractivity contribution in [3.05, 3.63) is 0 Å². The Balaban J connectivity index is 5.36. The molecule has 0 aromatic carbocycles. The highest BCUT2D eigenvalue weighted by atomic mass is 16.4. The maximum absolute atomic E-state index is 12.8. The number of nitrogens with one attached hydrogen (secondary N) is 1. The van der Waals surface area contributed by atoms with Crippen LogP contribution in [0.25, 0.3) is 0 Å². The van der Waals surface area contributed by atoms with Crippen LogP contribution in [0.1, 0.15) is 41.0 Å². The lowest BCUT2D eigenvalue weighted by atomic mass is 9.96. The first-order valence-corrected chi connectivity index (χ1v) is 7.81. The fourth-order valence-electron chi connectivity index (χ4n) is 2.39. The van der Waals surface area contributed by atoms with Crippen LogP contribution in [0, 0.1) is 5.92 Å². The predicted molar refractivity (Wildman–Crippen MR) is 89.0 cm³/mol. The molecule has 0 aliphatic heterocycles. The number of carbonyl (C=O) groups is 3. The van der Waals surface area contributed by atoms with Crippen LogP contribution in [0.15, 0.2) is 0 Å². The van der Waals surface area contributed by atoms with Crippen LogP contribution in [0.3, 0.4) is 0 Å². The Kier molecular flexibility index (Phi) is 7.70. The average molecular weight is 329 g/mol. The van der Waals surface area contributed by atoms with Crippen LogP contribution in [-0.2, 0) is 14.4 Å². The lowest BCUT2D eigenvalue weighted by Crippen LogP contribution is -2.59. The van der Waals surface area contributed by atoms with Gasteiger partial charge in [-0.15, -0.1) is 0 Å². The minimum atomic E-state index is -0.959.